The Morgan fingerprint density at radius 1 is 1.04 bits per heavy atom. The number of anilines is 1. The summed E-state index contributed by atoms with van der Waals surface area (Å²) in [6, 6.07) is 10.2. The molecule has 0 fully saturated rings. The topological polar surface area (TPSA) is 66.0 Å². The molecule has 1 amide bonds. The predicted octanol–water partition coefficient (Wildman–Crippen LogP) is 3.92. The van der Waals surface area contributed by atoms with Gasteiger partial charge in [0.25, 0.3) is 5.91 Å². The first-order chi connectivity index (χ1) is 12.6. The van der Waals surface area contributed by atoms with Crippen LogP contribution in [-0.2, 0) is 0 Å². The molecule has 138 valence electrons. The normalized spacial score (nSPS) is 9.96. The number of benzene rings is 2. The van der Waals surface area contributed by atoms with Crippen molar-refractivity contribution in [3.63, 3.8) is 0 Å². The number of rotatable bonds is 9. The van der Waals surface area contributed by atoms with Crippen molar-refractivity contribution < 1.29 is 23.7 Å². The SMILES string of the molecule is C=CCOc1ccc(C(=O)Nc2cc(OC)ccc2OC)cc1OCC. The van der Waals surface area contributed by atoms with E-state index >= 15 is 0 Å². The minimum Gasteiger partial charge on any atom is -0.497 e. The Kier molecular flexibility index (Phi) is 6.91. The van der Waals surface area contributed by atoms with Crippen LogP contribution >= 0.6 is 0 Å². The number of methoxy groups -OCH3 is 2. The molecule has 0 unspecified atom stereocenters. The average Bonchev–Trinajstić information content (AvgIpc) is 2.67. The van der Waals surface area contributed by atoms with Gasteiger partial charge in [0.05, 0.1) is 26.5 Å². The van der Waals surface area contributed by atoms with E-state index in [4.69, 9.17) is 18.9 Å². The number of amides is 1. The minimum atomic E-state index is -0.298. The van der Waals surface area contributed by atoms with Crippen molar-refractivity contribution >= 4 is 11.6 Å². The predicted molar refractivity (Wildman–Crippen MR) is 101 cm³/mol. The second-order valence-electron chi connectivity index (χ2n) is 5.21. The molecule has 0 saturated heterocycles. The molecule has 6 nitrogen and oxygen atoms in total. The van der Waals surface area contributed by atoms with E-state index in [9.17, 15) is 4.79 Å². The van der Waals surface area contributed by atoms with Gasteiger partial charge in [0, 0.05) is 11.6 Å². The Morgan fingerprint density at radius 2 is 1.81 bits per heavy atom. The van der Waals surface area contributed by atoms with E-state index in [0.29, 0.717) is 47.5 Å². The number of carbonyl (C=O) groups excluding carboxylic acids is 1. The highest BCUT2D eigenvalue weighted by Crippen LogP contribution is 2.31. The van der Waals surface area contributed by atoms with Crippen molar-refractivity contribution in [3.8, 4) is 23.0 Å². The second-order valence-corrected chi connectivity index (χ2v) is 5.21. The van der Waals surface area contributed by atoms with Gasteiger partial charge in [-0.1, -0.05) is 12.7 Å². The molecule has 2 aromatic carbocycles. The first kappa shape index (κ1) is 19.2. The van der Waals surface area contributed by atoms with Crippen LogP contribution in [0.25, 0.3) is 0 Å². The van der Waals surface area contributed by atoms with Crippen LogP contribution in [0.5, 0.6) is 23.0 Å². The summed E-state index contributed by atoms with van der Waals surface area (Å²) >= 11 is 0. The molecule has 0 bridgehead atoms. The molecule has 0 radical (unpaired) electrons. The molecule has 0 aliphatic rings. The fourth-order valence-electron chi connectivity index (χ4n) is 2.29. The number of ether oxygens (including phenoxy) is 4. The van der Waals surface area contributed by atoms with E-state index in [1.165, 1.54) is 7.11 Å². The molecule has 2 rings (SSSR count). The highest BCUT2D eigenvalue weighted by molar-refractivity contribution is 6.05. The third kappa shape index (κ3) is 4.69. The number of nitrogens with one attached hydrogen (secondary N) is 1. The maximum absolute atomic E-state index is 12.6. The van der Waals surface area contributed by atoms with Crippen molar-refractivity contribution in [3.05, 3.63) is 54.6 Å². The Labute approximate surface area is 153 Å². The third-order valence-corrected chi connectivity index (χ3v) is 3.52. The van der Waals surface area contributed by atoms with Gasteiger partial charge in [-0.2, -0.15) is 0 Å². The van der Waals surface area contributed by atoms with Crippen molar-refractivity contribution in [2.75, 3.05) is 32.8 Å². The van der Waals surface area contributed by atoms with Crippen LogP contribution in [0.4, 0.5) is 5.69 Å². The highest BCUT2D eigenvalue weighted by Gasteiger charge is 2.14. The first-order valence-corrected chi connectivity index (χ1v) is 8.16. The van der Waals surface area contributed by atoms with Crippen LogP contribution in [0, 0.1) is 0 Å². The number of hydrogen-bond donors (Lipinski definition) is 1. The summed E-state index contributed by atoms with van der Waals surface area (Å²) in [7, 11) is 3.10. The summed E-state index contributed by atoms with van der Waals surface area (Å²) in [5.41, 5.74) is 0.950. The summed E-state index contributed by atoms with van der Waals surface area (Å²) in [6.07, 6.45) is 1.64. The fourth-order valence-corrected chi connectivity index (χ4v) is 2.29. The van der Waals surface area contributed by atoms with Crippen LogP contribution in [0.15, 0.2) is 49.1 Å². The van der Waals surface area contributed by atoms with Gasteiger partial charge in [0.15, 0.2) is 11.5 Å². The quantitative estimate of drug-likeness (QED) is 0.689. The Balaban J connectivity index is 2.26. The minimum absolute atomic E-state index is 0.298. The lowest BCUT2D eigenvalue weighted by Crippen LogP contribution is -2.13. The molecular formula is C20H23NO5. The van der Waals surface area contributed by atoms with Crippen LogP contribution < -0.4 is 24.3 Å². The standard InChI is InChI=1S/C20H23NO5/c1-5-11-26-18-9-7-14(12-19(18)25-6-2)20(22)21-16-13-15(23-3)8-10-17(16)24-4/h5,7-10,12-13H,1,6,11H2,2-4H3,(H,21,22). The van der Waals surface area contributed by atoms with E-state index < -0.39 is 0 Å². The Morgan fingerprint density at radius 3 is 2.46 bits per heavy atom. The molecule has 0 spiro atoms. The van der Waals surface area contributed by atoms with E-state index in [-0.39, 0.29) is 5.91 Å². The van der Waals surface area contributed by atoms with Crippen LogP contribution in [0.2, 0.25) is 0 Å². The lowest BCUT2D eigenvalue weighted by atomic mass is 10.1. The molecule has 0 saturated carbocycles. The van der Waals surface area contributed by atoms with E-state index in [2.05, 4.69) is 11.9 Å². The van der Waals surface area contributed by atoms with Gasteiger partial charge < -0.3 is 24.3 Å². The maximum Gasteiger partial charge on any atom is 0.255 e. The lowest BCUT2D eigenvalue weighted by Gasteiger charge is -2.14. The van der Waals surface area contributed by atoms with Crippen molar-refractivity contribution in [2.45, 2.75) is 6.92 Å². The lowest BCUT2D eigenvalue weighted by molar-refractivity contribution is 0.102. The highest BCUT2D eigenvalue weighted by atomic mass is 16.5. The first-order valence-electron chi connectivity index (χ1n) is 8.16. The smallest absolute Gasteiger partial charge is 0.255 e. The number of hydrogen-bond acceptors (Lipinski definition) is 5. The van der Waals surface area contributed by atoms with Crippen LogP contribution in [-0.4, -0.2) is 33.3 Å². The van der Waals surface area contributed by atoms with Crippen molar-refractivity contribution in [2.24, 2.45) is 0 Å². The van der Waals surface area contributed by atoms with Gasteiger partial charge >= 0.3 is 0 Å². The zero-order valence-corrected chi connectivity index (χ0v) is 15.2. The fraction of sp³-hybridized carbons (Fsp3) is 0.250. The summed E-state index contributed by atoms with van der Waals surface area (Å²) in [5, 5.41) is 2.83. The zero-order valence-electron chi connectivity index (χ0n) is 15.2. The summed E-state index contributed by atoms with van der Waals surface area (Å²) in [5.74, 6) is 1.91. The van der Waals surface area contributed by atoms with Crippen molar-refractivity contribution in [1.82, 2.24) is 0 Å². The van der Waals surface area contributed by atoms with Crippen molar-refractivity contribution in [1.29, 1.82) is 0 Å². The molecule has 1 N–H and O–H groups in total. The molecule has 0 heterocycles. The summed E-state index contributed by atoms with van der Waals surface area (Å²) in [6.45, 7) is 6.30. The molecule has 0 aromatic heterocycles. The summed E-state index contributed by atoms with van der Waals surface area (Å²) in [4.78, 5) is 12.6. The van der Waals surface area contributed by atoms with Gasteiger partial charge in [-0.15, -0.1) is 0 Å². The maximum atomic E-state index is 12.6. The van der Waals surface area contributed by atoms with E-state index in [0.717, 1.165) is 0 Å². The monoisotopic (exact) mass is 357 g/mol. The van der Waals surface area contributed by atoms with Gasteiger partial charge in [-0.3, -0.25) is 4.79 Å². The largest absolute Gasteiger partial charge is 0.497 e. The van der Waals surface area contributed by atoms with Crippen LogP contribution in [0.3, 0.4) is 0 Å². The molecule has 0 aliphatic carbocycles. The average molecular weight is 357 g/mol. The van der Waals surface area contributed by atoms with Gasteiger partial charge in [0.1, 0.15) is 18.1 Å². The molecule has 0 aliphatic heterocycles. The molecule has 6 heteroatoms. The third-order valence-electron chi connectivity index (χ3n) is 3.52. The van der Waals surface area contributed by atoms with Gasteiger partial charge in [0.2, 0.25) is 0 Å². The zero-order chi connectivity index (χ0) is 18.9. The van der Waals surface area contributed by atoms with E-state index in [1.807, 2.05) is 6.92 Å². The van der Waals surface area contributed by atoms with Gasteiger partial charge in [-0.25, -0.2) is 0 Å². The number of carbonyl (C=O) groups is 1. The second kappa shape index (κ2) is 9.36. The van der Waals surface area contributed by atoms with Gasteiger partial charge in [-0.05, 0) is 37.3 Å². The molecule has 26 heavy (non-hydrogen) atoms. The van der Waals surface area contributed by atoms with E-state index in [1.54, 1.807) is 49.6 Å². The molecule has 2 aromatic rings. The summed E-state index contributed by atoms with van der Waals surface area (Å²) < 4.78 is 21.6. The molecule has 0 atom stereocenters. The Bertz CT molecular complexity index is 773. The molecular weight excluding hydrogens is 334 g/mol. The van der Waals surface area contributed by atoms with Crippen LogP contribution in [0.1, 0.15) is 17.3 Å². The Hall–Kier alpha value is -3.15.